The van der Waals surface area contributed by atoms with E-state index in [0.717, 1.165) is 0 Å². The minimum absolute atomic E-state index is 0.293. The van der Waals surface area contributed by atoms with Crippen LogP contribution in [0.4, 0.5) is 22.0 Å². The van der Waals surface area contributed by atoms with Gasteiger partial charge in [0.2, 0.25) is 5.88 Å². The molecule has 1 heterocycles. The third-order valence-corrected chi connectivity index (χ3v) is 1.80. The van der Waals surface area contributed by atoms with Crippen LogP contribution in [-0.2, 0) is 0 Å². The van der Waals surface area contributed by atoms with E-state index < -0.39 is 41.5 Å². The summed E-state index contributed by atoms with van der Waals surface area (Å²) in [5.74, 6) is -3.30. The smallest absolute Gasteiger partial charge is 0.476 e. The van der Waals surface area contributed by atoms with Crippen molar-refractivity contribution in [1.29, 1.82) is 5.26 Å². The molecule has 0 aliphatic carbocycles. The molecule has 19 heavy (non-hydrogen) atoms. The fourth-order valence-corrected chi connectivity index (χ4v) is 1.18. The van der Waals surface area contributed by atoms with Crippen LogP contribution in [0.2, 0.25) is 0 Å². The molecule has 1 aromatic rings. The van der Waals surface area contributed by atoms with E-state index in [1.165, 1.54) is 6.07 Å². The molecule has 1 N–H and O–H groups in total. The summed E-state index contributed by atoms with van der Waals surface area (Å²) in [6.45, 7) is 0. The van der Waals surface area contributed by atoms with Crippen molar-refractivity contribution in [1.82, 2.24) is 4.98 Å². The molecule has 0 aliphatic heterocycles. The van der Waals surface area contributed by atoms with Gasteiger partial charge in [-0.2, -0.15) is 5.26 Å². The van der Waals surface area contributed by atoms with Crippen LogP contribution in [-0.4, -0.2) is 22.4 Å². The average molecular weight is 282 g/mol. The van der Waals surface area contributed by atoms with E-state index in [2.05, 4.69) is 9.72 Å². The Morgan fingerprint density at radius 3 is 2.42 bits per heavy atom. The Bertz CT molecular complexity index is 550. The summed E-state index contributed by atoms with van der Waals surface area (Å²) in [5, 5.41) is 17.2. The van der Waals surface area contributed by atoms with Crippen molar-refractivity contribution in [3.05, 3.63) is 22.9 Å². The Balaban J connectivity index is 3.46. The SMILES string of the molecule is N#Cc1cc(OC(F)(F)F)nc(C(=O)O)c1C(F)F. The number of halogens is 5. The Morgan fingerprint density at radius 2 is 2.05 bits per heavy atom. The first kappa shape index (κ1) is 14.6. The second kappa shape index (κ2) is 5.05. The predicted octanol–water partition coefficient (Wildman–Crippen LogP) is 2.49. The van der Waals surface area contributed by atoms with Crippen molar-refractivity contribution in [2.24, 2.45) is 0 Å². The first-order valence-corrected chi connectivity index (χ1v) is 4.38. The van der Waals surface area contributed by atoms with Crippen LogP contribution in [0.1, 0.15) is 28.0 Å². The highest BCUT2D eigenvalue weighted by atomic mass is 19.4. The number of alkyl halides is 5. The van der Waals surface area contributed by atoms with Gasteiger partial charge in [-0.25, -0.2) is 18.6 Å². The van der Waals surface area contributed by atoms with Crippen LogP contribution in [0.25, 0.3) is 0 Å². The van der Waals surface area contributed by atoms with Crippen molar-refractivity contribution < 1.29 is 36.6 Å². The molecule has 0 aromatic carbocycles. The lowest BCUT2D eigenvalue weighted by atomic mass is 10.1. The molecule has 0 radical (unpaired) electrons. The van der Waals surface area contributed by atoms with E-state index in [4.69, 9.17) is 10.4 Å². The molecule has 0 amide bonds. The maximum absolute atomic E-state index is 12.6. The summed E-state index contributed by atoms with van der Waals surface area (Å²) in [5.41, 5.74) is -3.58. The van der Waals surface area contributed by atoms with Crippen LogP contribution in [0.15, 0.2) is 6.07 Å². The zero-order chi connectivity index (χ0) is 14.8. The summed E-state index contributed by atoms with van der Waals surface area (Å²) >= 11 is 0. The van der Waals surface area contributed by atoms with E-state index in [0.29, 0.717) is 6.07 Å². The second-order valence-corrected chi connectivity index (χ2v) is 3.04. The molecule has 0 saturated heterocycles. The summed E-state index contributed by atoms with van der Waals surface area (Å²) < 4.78 is 64.3. The number of nitriles is 1. The standard InChI is InChI=1S/C9H3F5N2O3/c10-7(11)5-3(2-15)1-4(19-9(12,13)14)16-6(5)8(17)18/h1,7H,(H,17,18). The number of ether oxygens (including phenoxy) is 1. The minimum atomic E-state index is -5.19. The third kappa shape index (κ3) is 3.51. The molecule has 10 heteroatoms. The molecule has 0 aliphatic rings. The number of aromatic carboxylic acids is 1. The van der Waals surface area contributed by atoms with Crippen molar-refractivity contribution >= 4 is 5.97 Å². The lowest BCUT2D eigenvalue weighted by molar-refractivity contribution is -0.276. The summed E-state index contributed by atoms with van der Waals surface area (Å²) in [6, 6.07) is 1.46. The average Bonchev–Trinajstić information content (AvgIpc) is 2.24. The number of rotatable bonds is 3. The Kier molecular flexibility index (Phi) is 3.89. The molecule has 1 rings (SSSR count). The van der Waals surface area contributed by atoms with Crippen LogP contribution < -0.4 is 4.74 Å². The van der Waals surface area contributed by atoms with E-state index >= 15 is 0 Å². The largest absolute Gasteiger partial charge is 0.574 e. The van der Waals surface area contributed by atoms with E-state index in [9.17, 15) is 26.7 Å². The molecule has 0 atom stereocenters. The van der Waals surface area contributed by atoms with Gasteiger partial charge in [0.1, 0.15) is 0 Å². The number of nitrogens with zero attached hydrogens (tertiary/aromatic N) is 2. The highest BCUT2D eigenvalue weighted by molar-refractivity contribution is 5.88. The Labute approximate surface area is 101 Å². The fourth-order valence-electron chi connectivity index (χ4n) is 1.18. The molecule has 0 fully saturated rings. The van der Waals surface area contributed by atoms with E-state index in [1.807, 2.05) is 0 Å². The van der Waals surface area contributed by atoms with Crippen molar-refractivity contribution in [2.75, 3.05) is 0 Å². The predicted molar refractivity (Wildman–Crippen MR) is 47.6 cm³/mol. The fraction of sp³-hybridized carbons (Fsp3) is 0.222. The number of hydrogen-bond donors (Lipinski definition) is 1. The van der Waals surface area contributed by atoms with Gasteiger partial charge in [0.15, 0.2) is 5.69 Å². The Morgan fingerprint density at radius 1 is 1.47 bits per heavy atom. The normalized spacial score (nSPS) is 11.2. The lowest BCUT2D eigenvalue weighted by Crippen LogP contribution is -2.19. The molecule has 5 nitrogen and oxygen atoms in total. The topological polar surface area (TPSA) is 83.2 Å². The zero-order valence-electron chi connectivity index (χ0n) is 8.70. The van der Waals surface area contributed by atoms with Gasteiger partial charge < -0.3 is 9.84 Å². The molecular weight excluding hydrogens is 279 g/mol. The van der Waals surface area contributed by atoms with Crippen molar-refractivity contribution in [3.8, 4) is 11.9 Å². The summed E-state index contributed by atoms with van der Waals surface area (Å²) in [4.78, 5) is 13.5. The molecule has 0 bridgehead atoms. The van der Waals surface area contributed by atoms with Gasteiger partial charge in [-0.3, -0.25) is 0 Å². The van der Waals surface area contributed by atoms with Gasteiger partial charge in [-0.15, -0.1) is 13.2 Å². The van der Waals surface area contributed by atoms with Gasteiger partial charge in [0.05, 0.1) is 17.2 Å². The first-order chi connectivity index (χ1) is 8.65. The van der Waals surface area contributed by atoms with E-state index in [1.54, 1.807) is 0 Å². The van der Waals surface area contributed by atoms with Crippen molar-refractivity contribution in [3.63, 3.8) is 0 Å². The van der Waals surface area contributed by atoms with Gasteiger partial charge in [0, 0.05) is 6.07 Å². The summed E-state index contributed by atoms with van der Waals surface area (Å²) in [6.07, 6.45) is -8.57. The highest BCUT2D eigenvalue weighted by Gasteiger charge is 2.34. The highest BCUT2D eigenvalue weighted by Crippen LogP contribution is 2.30. The number of aromatic nitrogens is 1. The molecule has 0 unspecified atom stereocenters. The van der Waals surface area contributed by atoms with Gasteiger partial charge >= 0.3 is 12.3 Å². The van der Waals surface area contributed by atoms with Crippen LogP contribution in [0, 0.1) is 11.3 Å². The Hall–Kier alpha value is -2.44. The molecule has 0 spiro atoms. The third-order valence-electron chi connectivity index (χ3n) is 1.80. The molecule has 1 aromatic heterocycles. The number of carboxylic acid groups (broad SMARTS) is 1. The first-order valence-electron chi connectivity index (χ1n) is 4.38. The van der Waals surface area contributed by atoms with Crippen LogP contribution >= 0.6 is 0 Å². The van der Waals surface area contributed by atoms with Crippen LogP contribution in [0.3, 0.4) is 0 Å². The molecule has 0 saturated carbocycles. The lowest BCUT2D eigenvalue weighted by Gasteiger charge is -2.11. The van der Waals surface area contributed by atoms with Crippen LogP contribution in [0.5, 0.6) is 5.88 Å². The quantitative estimate of drug-likeness (QED) is 0.861. The minimum Gasteiger partial charge on any atom is -0.476 e. The number of hydrogen-bond acceptors (Lipinski definition) is 4. The maximum Gasteiger partial charge on any atom is 0.574 e. The van der Waals surface area contributed by atoms with Gasteiger partial charge in [-0.05, 0) is 0 Å². The van der Waals surface area contributed by atoms with E-state index in [-0.39, 0.29) is 0 Å². The number of carbonyl (C=O) groups is 1. The second-order valence-electron chi connectivity index (χ2n) is 3.04. The van der Waals surface area contributed by atoms with Gasteiger partial charge in [-0.1, -0.05) is 0 Å². The molecular formula is C9H3F5N2O3. The van der Waals surface area contributed by atoms with Gasteiger partial charge in [0.25, 0.3) is 6.43 Å². The number of carboxylic acids is 1. The van der Waals surface area contributed by atoms with Crippen molar-refractivity contribution in [2.45, 2.75) is 12.8 Å². The molecule has 102 valence electrons. The number of pyridine rings is 1. The zero-order valence-corrected chi connectivity index (χ0v) is 8.70. The summed E-state index contributed by atoms with van der Waals surface area (Å²) in [7, 11) is 0. The monoisotopic (exact) mass is 282 g/mol. The maximum atomic E-state index is 12.6.